The highest BCUT2D eigenvalue weighted by molar-refractivity contribution is 6.10. The number of hydrogen-bond acceptors (Lipinski definition) is 5. The third-order valence-corrected chi connectivity index (χ3v) is 5.42. The van der Waals surface area contributed by atoms with Gasteiger partial charge in [0.05, 0.1) is 17.2 Å². The van der Waals surface area contributed by atoms with Gasteiger partial charge in [-0.15, -0.1) is 0 Å². The summed E-state index contributed by atoms with van der Waals surface area (Å²) in [5.41, 5.74) is 11.2. The number of carbonyl (C=O) groups excluding carboxylic acids is 1. The molecule has 0 atom stereocenters. The minimum atomic E-state index is -0.252. The van der Waals surface area contributed by atoms with Gasteiger partial charge in [0, 0.05) is 6.54 Å². The average molecular weight is 429 g/mol. The smallest absolute Gasteiger partial charge is 0.257 e. The van der Waals surface area contributed by atoms with Crippen LogP contribution in [0.1, 0.15) is 54.1 Å². The van der Waals surface area contributed by atoms with E-state index in [1.807, 2.05) is 55.5 Å². The number of rotatable bonds is 8. The number of aryl methyl sites for hydroxylation is 1. The average Bonchev–Trinajstić information content (AvgIpc) is 3.07. The maximum atomic E-state index is 13.0. The Morgan fingerprint density at radius 3 is 2.50 bits per heavy atom. The molecule has 7 nitrogen and oxygen atoms in total. The Balaban J connectivity index is 1.75. The quantitative estimate of drug-likeness (QED) is 0.315. The topological polar surface area (TPSA) is 98.2 Å². The number of carbonyl (C=O) groups is 1. The maximum Gasteiger partial charge on any atom is 0.257 e. The Labute approximate surface area is 187 Å². The zero-order valence-electron chi connectivity index (χ0n) is 18.5. The van der Waals surface area contributed by atoms with Crippen molar-refractivity contribution in [2.75, 3.05) is 12.3 Å². The van der Waals surface area contributed by atoms with Crippen molar-refractivity contribution in [3.8, 4) is 0 Å². The minimum Gasteiger partial charge on any atom is -0.383 e. The minimum absolute atomic E-state index is 0.227. The van der Waals surface area contributed by atoms with Crippen LogP contribution in [-0.4, -0.2) is 33.3 Å². The number of aromatic nitrogens is 3. The maximum absolute atomic E-state index is 13.0. The molecule has 0 unspecified atom stereocenters. The first-order chi connectivity index (χ1) is 15.6. The van der Waals surface area contributed by atoms with Gasteiger partial charge in [0.1, 0.15) is 16.9 Å². The first-order valence-corrected chi connectivity index (χ1v) is 11.0. The summed E-state index contributed by atoms with van der Waals surface area (Å²) in [6.45, 7) is 4.79. The molecule has 0 aliphatic carbocycles. The largest absolute Gasteiger partial charge is 0.383 e. The van der Waals surface area contributed by atoms with Gasteiger partial charge in [-0.25, -0.2) is 9.97 Å². The Kier molecular flexibility index (Phi) is 6.44. The predicted molar refractivity (Wildman–Crippen MR) is 130 cm³/mol. The molecule has 164 valence electrons. The number of nitrogens with zero attached hydrogens (tertiary/aromatic N) is 4. The second-order valence-corrected chi connectivity index (χ2v) is 7.93. The number of nitrogens with one attached hydrogen (secondary N) is 1. The van der Waals surface area contributed by atoms with Crippen LogP contribution in [0, 0.1) is 6.92 Å². The van der Waals surface area contributed by atoms with Crippen molar-refractivity contribution in [1.29, 1.82) is 0 Å². The molecular weight excluding hydrogens is 400 g/mol. The fourth-order valence-electron chi connectivity index (χ4n) is 3.61. The summed E-state index contributed by atoms with van der Waals surface area (Å²) in [5.74, 6) is -0.0254. The van der Waals surface area contributed by atoms with Crippen molar-refractivity contribution < 1.29 is 4.79 Å². The van der Waals surface area contributed by atoms with Gasteiger partial charge in [0.2, 0.25) is 0 Å². The third kappa shape index (κ3) is 4.46. The lowest BCUT2D eigenvalue weighted by Gasteiger charge is -2.05. The van der Waals surface area contributed by atoms with E-state index in [-0.39, 0.29) is 11.7 Å². The van der Waals surface area contributed by atoms with E-state index >= 15 is 0 Å². The van der Waals surface area contributed by atoms with Crippen molar-refractivity contribution in [2.45, 2.75) is 39.5 Å². The molecule has 0 fully saturated rings. The van der Waals surface area contributed by atoms with Gasteiger partial charge in [-0.05, 0) is 31.0 Å². The lowest BCUT2D eigenvalue weighted by molar-refractivity contribution is 0.0955. The molecule has 32 heavy (non-hydrogen) atoms. The highest BCUT2D eigenvalue weighted by Gasteiger charge is 2.23. The first-order valence-electron chi connectivity index (χ1n) is 11.0. The summed E-state index contributed by atoms with van der Waals surface area (Å²) >= 11 is 0. The molecule has 3 N–H and O–H groups in total. The van der Waals surface area contributed by atoms with E-state index < -0.39 is 0 Å². The normalized spacial score (nSPS) is 11.6. The molecule has 4 aromatic rings. The van der Waals surface area contributed by atoms with Gasteiger partial charge in [-0.2, -0.15) is 9.78 Å². The molecule has 1 amide bonds. The number of unbranched alkanes of at least 4 members (excludes halogenated alkanes) is 3. The number of nitrogen functional groups attached to an aromatic ring is 1. The second-order valence-electron chi connectivity index (χ2n) is 7.93. The van der Waals surface area contributed by atoms with Crippen molar-refractivity contribution in [3.63, 3.8) is 0 Å². The zero-order chi connectivity index (χ0) is 22.5. The van der Waals surface area contributed by atoms with Gasteiger partial charge in [-0.1, -0.05) is 68.1 Å². The molecule has 0 spiro atoms. The number of hydrogen-bond donors (Lipinski definition) is 2. The molecular formula is C25H28N6O. The van der Waals surface area contributed by atoms with Crippen molar-refractivity contribution in [1.82, 2.24) is 20.0 Å². The van der Waals surface area contributed by atoms with Gasteiger partial charge >= 0.3 is 0 Å². The number of amides is 1. The fourth-order valence-corrected chi connectivity index (χ4v) is 3.61. The lowest BCUT2D eigenvalue weighted by atomic mass is 10.2. The summed E-state index contributed by atoms with van der Waals surface area (Å²) in [5, 5.41) is 7.53. The third-order valence-electron chi connectivity index (χ3n) is 5.42. The van der Waals surface area contributed by atoms with E-state index in [0.717, 1.165) is 36.8 Å². The monoisotopic (exact) mass is 428 g/mol. The highest BCUT2D eigenvalue weighted by Crippen LogP contribution is 2.27. The van der Waals surface area contributed by atoms with Crippen LogP contribution >= 0.6 is 0 Å². The van der Waals surface area contributed by atoms with Gasteiger partial charge in [0.25, 0.3) is 5.91 Å². The summed E-state index contributed by atoms with van der Waals surface area (Å²) in [6.07, 6.45) is 6.02. The standard InChI is InChI=1S/C25H28N6O/c1-3-4-5-8-15-27-25(32)21-22-24(30-20-10-7-6-9-19(20)29-22)31(23(21)26)28-16-18-13-11-17(2)12-14-18/h6-7,9-14,16H,3-5,8,15,26H2,1-2H3,(H,27,32)/b28-16+. The summed E-state index contributed by atoms with van der Waals surface area (Å²) in [7, 11) is 0. The number of fused-ring (bicyclic) bond motifs is 2. The van der Waals surface area contributed by atoms with E-state index in [9.17, 15) is 4.79 Å². The molecule has 0 radical (unpaired) electrons. The van der Waals surface area contributed by atoms with Crippen LogP contribution in [0.5, 0.6) is 0 Å². The summed E-state index contributed by atoms with van der Waals surface area (Å²) < 4.78 is 1.50. The Morgan fingerprint density at radius 2 is 1.78 bits per heavy atom. The molecule has 2 aromatic carbocycles. The van der Waals surface area contributed by atoms with Crippen LogP contribution in [0.4, 0.5) is 5.82 Å². The number of benzene rings is 2. The van der Waals surface area contributed by atoms with E-state index in [1.54, 1.807) is 6.21 Å². The van der Waals surface area contributed by atoms with Gasteiger partial charge < -0.3 is 11.1 Å². The molecule has 0 saturated carbocycles. The van der Waals surface area contributed by atoms with Crippen LogP contribution in [0.3, 0.4) is 0 Å². The summed E-state index contributed by atoms with van der Waals surface area (Å²) in [4.78, 5) is 22.5. The lowest BCUT2D eigenvalue weighted by Crippen LogP contribution is -2.25. The molecule has 0 bridgehead atoms. The van der Waals surface area contributed by atoms with Crippen LogP contribution in [0.25, 0.3) is 22.2 Å². The first kappa shape index (κ1) is 21.5. The molecule has 2 aromatic heterocycles. The van der Waals surface area contributed by atoms with Crippen molar-refractivity contribution in [2.24, 2.45) is 5.10 Å². The summed E-state index contributed by atoms with van der Waals surface area (Å²) in [6, 6.07) is 15.5. The SMILES string of the molecule is CCCCCCNC(=O)c1c(N)n(/N=C/c2ccc(C)cc2)c2nc3ccccc3nc12. The van der Waals surface area contributed by atoms with E-state index in [4.69, 9.17) is 15.7 Å². The highest BCUT2D eigenvalue weighted by atomic mass is 16.1. The van der Waals surface area contributed by atoms with E-state index in [0.29, 0.717) is 28.8 Å². The van der Waals surface area contributed by atoms with Crippen LogP contribution in [-0.2, 0) is 0 Å². The van der Waals surface area contributed by atoms with Gasteiger partial charge in [-0.3, -0.25) is 4.79 Å². The number of para-hydroxylation sites is 2. The number of nitrogens with two attached hydrogens (primary N) is 1. The Hall–Kier alpha value is -3.74. The molecule has 0 saturated heterocycles. The van der Waals surface area contributed by atoms with E-state index in [2.05, 4.69) is 17.3 Å². The fraction of sp³-hybridized carbons (Fsp3) is 0.280. The molecule has 4 rings (SSSR count). The Bertz CT molecular complexity index is 1270. The Morgan fingerprint density at radius 1 is 1.06 bits per heavy atom. The van der Waals surface area contributed by atoms with E-state index in [1.165, 1.54) is 10.2 Å². The van der Waals surface area contributed by atoms with Crippen LogP contribution < -0.4 is 11.1 Å². The second kappa shape index (κ2) is 9.60. The predicted octanol–water partition coefficient (Wildman–Crippen LogP) is 4.67. The number of anilines is 1. The van der Waals surface area contributed by atoms with Crippen molar-refractivity contribution >= 4 is 40.1 Å². The molecule has 7 heteroatoms. The molecule has 0 aliphatic heterocycles. The van der Waals surface area contributed by atoms with Gasteiger partial charge in [0.15, 0.2) is 5.65 Å². The van der Waals surface area contributed by atoms with Crippen LogP contribution in [0.15, 0.2) is 53.6 Å². The molecule has 2 heterocycles. The molecule has 0 aliphatic rings. The zero-order valence-corrected chi connectivity index (χ0v) is 18.5. The van der Waals surface area contributed by atoms with Crippen LogP contribution in [0.2, 0.25) is 0 Å². The van der Waals surface area contributed by atoms with Crippen molar-refractivity contribution in [3.05, 3.63) is 65.2 Å².